The molecule has 4 heteroatoms. The van der Waals surface area contributed by atoms with Gasteiger partial charge in [-0.05, 0) is 11.6 Å². The van der Waals surface area contributed by atoms with Crippen LogP contribution in [0.5, 0.6) is 0 Å². The highest BCUT2D eigenvalue weighted by Crippen LogP contribution is 2.04. The fourth-order valence-corrected chi connectivity index (χ4v) is 1.24. The third-order valence-corrected chi connectivity index (χ3v) is 2.15. The van der Waals surface area contributed by atoms with Crippen molar-refractivity contribution in [2.45, 2.75) is 26.4 Å². The minimum atomic E-state index is 0.500. The number of rotatable bonds is 7. The summed E-state index contributed by atoms with van der Waals surface area (Å²) in [4.78, 5) is 4.32. The molecule has 1 aromatic heterocycles. The summed E-state index contributed by atoms with van der Waals surface area (Å²) in [7, 11) is 1.69. The lowest BCUT2D eigenvalue weighted by atomic mass is 10.2. The third-order valence-electron chi connectivity index (χ3n) is 2.15. The van der Waals surface area contributed by atoms with E-state index in [-0.39, 0.29) is 0 Å². The molecular formula is C12H21N3O. The number of hydrogen-bond acceptors (Lipinski definition) is 4. The van der Waals surface area contributed by atoms with E-state index in [9.17, 15) is 0 Å². The van der Waals surface area contributed by atoms with Gasteiger partial charge in [0.15, 0.2) is 0 Å². The molecule has 1 heterocycles. The fourth-order valence-electron chi connectivity index (χ4n) is 1.24. The highest BCUT2D eigenvalue weighted by molar-refractivity contribution is 5.35. The number of pyridine rings is 1. The van der Waals surface area contributed by atoms with Crippen molar-refractivity contribution in [3.63, 3.8) is 0 Å². The Labute approximate surface area is 97.4 Å². The van der Waals surface area contributed by atoms with Crippen LogP contribution in [-0.4, -0.2) is 31.3 Å². The zero-order chi connectivity index (χ0) is 11.8. The molecule has 0 unspecified atom stereocenters. The van der Waals surface area contributed by atoms with Gasteiger partial charge in [0, 0.05) is 32.4 Å². The Bertz CT molecular complexity index is 285. The fraction of sp³-hybridized carbons (Fsp3) is 0.583. The van der Waals surface area contributed by atoms with Crippen LogP contribution in [0.4, 0.5) is 5.82 Å². The van der Waals surface area contributed by atoms with Crippen molar-refractivity contribution >= 4 is 5.82 Å². The van der Waals surface area contributed by atoms with E-state index in [0.29, 0.717) is 12.6 Å². The molecule has 1 rings (SSSR count). The average molecular weight is 223 g/mol. The van der Waals surface area contributed by atoms with Gasteiger partial charge in [0.25, 0.3) is 0 Å². The maximum Gasteiger partial charge on any atom is 0.125 e. The predicted octanol–water partition coefficient (Wildman–Crippen LogP) is 1.64. The normalized spacial score (nSPS) is 10.8. The molecule has 2 N–H and O–H groups in total. The maximum absolute atomic E-state index is 4.95. The van der Waals surface area contributed by atoms with Crippen LogP contribution < -0.4 is 10.6 Å². The van der Waals surface area contributed by atoms with E-state index in [0.717, 1.165) is 18.9 Å². The summed E-state index contributed by atoms with van der Waals surface area (Å²) in [5, 5.41) is 6.53. The number of nitrogens with zero attached hydrogens (tertiary/aromatic N) is 1. The Hall–Kier alpha value is -1.13. The Morgan fingerprint density at radius 2 is 2.19 bits per heavy atom. The number of ether oxygens (including phenoxy) is 1. The van der Waals surface area contributed by atoms with E-state index in [1.807, 2.05) is 12.3 Å². The molecule has 0 saturated carbocycles. The Kier molecular flexibility index (Phi) is 5.82. The van der Waals surface area contributed by atoms with Gasteiger partial charge in [-0.1, -0.05) is 19.9 Å². The maximum atomic E-state index is 4.95. The van der Waals surface area contributed by atoms with Crippen molar-refractivity contribution in [2.24, 2.45) is 0 Å². The minimum absolute atomic E-state index is 0.500. The molecule has 0 amide bonds. The van der Waals surface area contributed by atoms with Crippen molar-refractivity contribution in [1.29, 1.82) is 0 Å². The van der Waals surface area contributed by atoms with Gasteiger partial charge in [0.1, 0.15) is 5.82 Å². The number of nitrogens with one attached hydrogen (secondary N) is 2. The molecule has 4 nitrogen and oxygen atoms in total. The van der Waals surface area contributed by atoms with Crippen LogP contribution in [0.3, 0.4) is 0 Å². The van der Waals surface area contributed by atoms with Gasteiger partial charge in [0.2, 0.25) is 0 Å². The van der Waals surface area contributed by atoms with E-state index < -0.39 is 0 Å². The first-order valence-electron chi connectivity index (χ1n) is 5.63. The summed E-state index contributed by atoms with van der Waals surface area (Å²) in [6.45, 7) is 6.61. The van der Waals surface area contributed by atoms with Gasteiger partial charge in [-0.25, -0.2) is 4.98 Å². The molecule has 0 fully saturated rings. The van der Waals surface area contributed by atoms with Crippen LogP contribution in [0.25, 0.3) is 0 Å². The van der Waals surface area contributed by atoms with Crippen molar-refractivity contribution in [1.82, 2.24) is 10.3 Å². The number of aromatic nitrogens is 1. The first kappa shape index (κ1) is 12.9. The van der Waals surface area contributed by atoms with Crippen LogP contribution in [0.15, 0.2) is 18.3 Å². The zero-order valence-corrected chi connectivity index (χ0v) is 10.3. The number of anilines is 1. The third kappa shape index (κ3) is 5.09. The summed E-state index contributed by atoms with van der Waals surface area (Å²) in [6, 6.07) is 4.57. The molecule has 0 bridgehead atoms. The minimum Gasteiger partial charge on any atom is -0.383 e. The molecule has 0 spiro atoms. The summed E-state index contributed by atoms with van der Waals surface area (Å²) in [6.07, 6.45) is 1.89. The van der Waals surface area contributed by atoms with Gasteiger partial charge >= 0.3 is 0 Å². The monoisotopic (exact) mass is 223 g/mol. The van der Waals surface area contributed by atoms with E-state index in [2.05, 4.69) is 35.5 Å². The first-order valence-corrected chi connectivity index (χ1v) is 5.63. The number of hydrogen-bond donors (Lipinski definition) is 2. The van der Waals surface area contributed by atoms with Gasteiger partial charge in [-0.2, -0.15) is 0 Å². The molecule has 0 aliphatic heterocycles. The van der Waals surface area contributed by atoms with E-state index in [1.54, 1.807) is 7.11 Å². The summed E-state index contributed by atoms with van der Waals surface area (Å²) in [5.41, 5.74) is 1.20. The second-order valence-electron chi connectivity index (χ2n) is 4.01. The Morgan fingerprint density at radius 3 is 2.75 bits per heavy atom. The highest BCUT2D eigenvalue weighted by Gasteiger charge is 1.97. The molecule has 1 aromatic rings. The molecule has 90 valence electrons. The Balaban J connectivity index is 2.35. The lowest BCUT2D eigenvalue weighted by Crippen LogP contribution is -2.21. The van der Waals surface area contributed by atoms with Gasteiger partial charge in [-0.15, -0.1) is 0 Å². The van der Waals surface area contributed by atoms with E-state index >= 15 is 0 Å². The highest BCUT2D eigenvalue weighted by atomic mass is 16.5. The molecule has 0 radical (unpaired) electrons. The second-order valence-corrected chi connectivity index (χ2v) is 4.01. The van der Waals surface area contributed by atoms with Gasteiger partial charge < -0.3 is 15.4 Å². The summed E-state index contributed by atoms with van der Waals surface area (Å²) < 4.78 is 4.95. The molecule has 0 aromatic carbocycles. The second kappa shape index (κ2) is 7.19. The SMILES string of the molecule is COCCNc1ccc(CNC(C)C)cn1. The average Bonchev–Trinajstić information content (AvgIpc) is 2.28. The van der Waals surface area contributed by atoms with Crippen molar-refractivity contribution in [3.8, 4) is 0 Å². The molecule has 0 aliphatic carbocycles. The van der Waals surface area contributed by atoms with Crippen LogP contribution in [0, 0.1) is 0 Å². The quantitative estimate of drug-likeness (QED) is 0.690. The van der Waals surface area contributed by atoms with Crippen LogP contribution >= 0.6 is 0 Å². The topological polar surface area (TPSA) is 46.2 Å². The smallest absolute Gasteiger partial charge is 0.125 e. The molecule has 0 aliphatic rings. The van der Waals surface area contributed by atoms with Crippen molar-refractivity contribution < 1.29 is 4.74 Å². The van der Waals surface area contributed by atoms with Gasteiger partial charge in [-0.3, -0.25) is 0 Å². The van der Waals surface area contributed by atoms with Gasteiger partial charge in [0.05, 0.1) is 6.61 Å². The molecule has 16 heavy (non-hydrogen) atoms. The lowest BCUT2D eigenvalue weighted by molar-refractivity contribution is 0.210. The first-order chi connectivity index (χ1) is 7.72. The largest absolute Gasteiger partial charge is 0.383 e. The standard InChI is InChI=1S/C12H21N3O/c1-10(2)14-8-11-4-5-12(15-9-11)13-6-7-16-3/h4-5,9-10,14H,6-8H2,1-3H3,(H,13,15). The van der Waals surface area contributed by atoms with Crippen molar-refractivity contribution in [3.05, 3.63) is 23.9 Å². The lowest BCUT2D eigenvalue weighted by Gasteiger charge is -2.09. The van der Waals surface area contributed by atoms with Crippen molar-refractivity contribution in [2.75, 3.05) is 25.6 Å². The van der Waals surface area contributed by atoms with E-state index in [4.69, 9.17) is 4.74 Å². The molecule has 0 atom stereocenters. The molecular weight excluding hydrogens is 202 g/mol. The molecule has 0 saturated heterocycles. The van der Waals surface area contributed by atoms with E-state index in [1.165, 1.54) is 5.56 Å². The van der Waals surface area contributed by atoms with Crippen LogP contribution in [0.2, 0.25) is 0 Å². The summed E-state index contributed by atoms with van der Waals surface area (Å²) in [5.74, 6) is 0.894. The number of methoxy groups -OCH3 is 1. The zero-order valence-electron chi connectivity index (χ0n) is 10.3. The Morgan fingerprint density at radius 1 is 1.38 bits per heavy atom. The van der Waals surface area contributed by atoms with Crippen LogP contribution in [-0.2, 0) is 11.3 Å². The van der Waals surface area contributed by atoms with Crippen LogP contribution in [0.1, 0.15) is 19.4 Å². The predicted molar refractivity (Wildman–Crippen MR) is 66.6 cm³/mol. The summed E-state index contributed by atoms with van der Waals surface area (Å²) >= 11 is 0.